The molecule has 0 aromatic heterocycles. The quantitative estimate of drug-likeness (QED) is 0.484. The summed E-state index contributed by atoms with van der Waals surface area (Å²) in [5, 5.41) is 11.6. The summed E-state index contributed by atoms with van der Waals surface area (Å²) in [6.07, 6.45) is 0.794. The molecule has 102 valence electrons. The number of halogens is 3. The lowest BCUT2D eigenvalue weighted by atomic mass is 10.1. The Labute approximate surface area is 107 Å². The zero-order valence-electron chi connectivity index (χ0n) is 9.87. The molecular formula is C12H11F3N2O2. The van der Waals surface area contributed by atoms with Gasteiger partial charge in [-0.15, -0.1) is 0 Å². The Kier molecular flexibility index (Phi) is 3.73. The van der Waals surface area contributed by atoms with Gasteiger partial charge in [0.1, 0.15) is 0 Å². The zero-order valence-corrected chi connectivity index (χ0v) is 9.87. The first-order valence-electron chi connectivity index (χ1n) is 5.66. The standard InChI is InChI=1S/C12H11F3N2O2/c13-9-5-7(6-10(14)11(9)15)12(18)17-3-1-8(16-19)2-4-17/h5-6,19H,1-4H2. The first kappa shape index (κ1) is 13.4. The topological polar surface area (TPSA) is 52.9 Å². The third-order valence-corrected chi connectivity index (χ3v) is 3.00. The third-order valence-electron chi connectivity index (χ3n) is 3.00. The fourth-order valence-corrected chi connectivity index (χ4v) is 1.93. The number of likely N-dealkylation sites (tertiary alicyclic amines) is 1. The molecule has 0 spiro atoms. The highest BCUT2D eigenvalue weighted by atomic mass is 19.2. The van der Waals surface area contributed by atoms with Crippen LogP contribution in [0.4, 0.5) is 13.2 Å². The maximum Gasteiger partial charge on any atom is 0.254 e. The van der Waals surface area contributed by atoms with E-state index < -0.39 is 23.4 Å². The fourth-order valence-electron chi connectivity index (χ4n) is 1.93. The summed E-state index contributed by atoms with van der Waals surface area (Å²) in [5.74, 6) is -4.95. The van der Waals surface area contributed by atoms with Crippen molar-refractivity contribution >= 4 is 11.6 Å². The first-order valence-corrected chi connectivity index (χ1v) is 5.66. The van der Waals surface area contributed by atoms with E-state index in [9.17, 15) is 18.0 Å². The van der Waals surface area contributed by atoms with Crippen molar-refractivity contribution in [2.24, 2.45) is 5.16 Å². The SMILES string of the molecule is O=C(c1cc(F)c(F)c(F)c1)N1CCC(=NO)CC1. The van der Waals surface area contributed by atoms with E-state index in [-0.39, 0.29) is 5.56 Å². The number of oxime groups is 1. The van der Waals surface area contributed by atoms with Crippen LogP contribution in [0.15, 0.2) is 17.3 Å². The molecule has 1 saturated heterocycles. The molecule has 1 aliphatic heterocycles. The van der Waals surface area contributed by atoms with E-state index in [4.69, 9.17) is 5.21 Å². The number of hydrogen-bond donors (Lipinski definition) is 1. The van der Waals surface area contributed by atoms with E-state index in [1.165, 1.54) is 4.90 Å². The van der Waals surface area contributed by atoms with Crippen molar-refractivity contribution in [2.75, 3.05) is 13.1 Å². The summed E-state index contributed by atoms with van der Waals surface area (Å²) in [4.78, 5) is 13.4. The number of carbonyl (C=O) groups is 1. The number of nitrogens with zero attached hydrogens (tertiary/aromatic N) is 2. The number of hydrogen-bond acceptors (Lipinski definition) is 3. The molecule has 0 aliphatic carbocycles. The number of rotatable bonds is 1. The summed E-state index contributed by atoms with van der Waals surface area (Å²) in [5.41, 5.74) is 0.335. The number of piperidine rings is 1. The molecule has 1 N–H and O–H groups in total. The normalized spacial score (nSPS) is 15.5. The van der Waals surface area contributed by atoms with Crippen molar-refractivity contribution in [1.29, 1.82) is 0 Å². The second kappa shape index (κ2) is 5.29. The van der Waals surface area contributed by atoms with E-state index in [0.29, 0.717) is 43.8 Å². The van der Waals surface area contributed by atoms with Crippen LogP contribution in [-0.2, 0) is 0 Å². The highest BCUT2D eigenvalue weighted by Crippen LogP contribution is 2.17. The van der Waals surface area contributed by atoms with Gasteiger partial charge in [0.05, 0.1) is 5.71 Å². The largest absolute Gasteiger partial charge is 0.411 e. The molecule has 1 aromatic carbocycles. The molecule has 1 heterocycles. The molecular weight excluding hydrogens is 261 g/mol. The molecule has 0 bridgehead atoms. The smallest absolute Gasteiger partial charge is 0.254 e. The molecule has 0 unspecified atom stereocenters. The van der Waals surface area contributed by atoms with Gasteiger partial charge in [-0.05, 0) is 12.1 Å². The number of benzene rings is 1. The molecule has 4 nitrogen and oxygen atoms in total. The third kappa shape index (κ3) is 2.69. The predicted molar refractivity (Wildman–Crippen MR) is 60.7 cm³/mol. The van der Waals surface area contributed by atoms with Gasteiger partial charge >= 0.3 is 0 Å². The Balaban J connectivity index is 2.17. The molecule has 0 radical (unpaired) electrons. The van der Waals surface area contributed by atoms with E-state index >= 15 is 0 Å². The van der Waals surface area contributed by atoms with Gasteiger partial charge in [-0.2, -0.15) is 0 Å². The molecule has 1 fully saturated rings. The summed E-state index contributed by atoms with van der Waals surface area (Å²) in [6.45, 7) is 0.581. The highest BCUT2D eigenvalue weighted by Gasteiger charge is 2.23. The van der Waals surface area contributed by atoms with E-state index in [0.717, 1.165) is 0 Å². The minimum absolute atomic E-state index is 0.235. The first-order chi connectivity index (χ1) is 9.02. The summed E-state index contributed by atoms with van der Waals surface area (Å²) >= 11 is 0. The van der Waals surface area contributed by atoms with Gasteiger partial charge < -0.3 is 10.1 Å². The van der Waals surface area contributed by atoms with Gasteiger partial charge in [-0.1, -0.05) is 5.16 Å². The van der Waals surface area contributed by atoms with E-state index in [1.807, 2.05) is 0 Å². The van der Waals surface area contributed by atoms with Crippen LogP contribution in [0, 0.1) is 17.5 Å². The van der Waals surface area contributed by atoms with Gasteiger partial charge in [0.2, 0.25) is 0 Å². The maximum absolute atomic E-state index is 13.0. The van der Waals surface area contributed by atoms with Crippen molar-refractivity contribution < 1.29 is 23.2 Å². The minimum Gasteiger partial charge on any atom is -0.411 e. The van der Waals surface area contributed by atoms with Crippen molar-refractivity contribution in [3.8, 4) is 0 Å². The van der Waals surface area contributed by atoms with Crippen LogP contribution in [0.5, 0.6) is 0 Å². The lowest BCUT2D eigenvalue weighted by molar-refractivity contribution is 0.0752. The molecule has 0 saturated carbocycles. The summed E-state index contributed by atoms with van der Waals surface area (Å²) < 4.78 is 38.9. The average molecular weight is 272 g/mol. The molecule has 2 rings (SSSR count). The predicted octanol–water partition coefficient (Wildman–Crippen LogP) is 2.17. The van der Waals surface area contributed by atoms with Crippen LogP contribution in [0.25, 0.3) is 0 Å². The number of amides is 1. The molecule has 19 heavy (non-hydrogen) atoms. The Hall–Kier alpha value is -2.05. The second-order valence-corrected chi connectivity index (χ2v) is 4.21. The van der Waals surface area contributed by atoms with E-state index in [1.54, 1.807) is 0 Å². The molecule has 0 atom stereocenters. The Morgan fingerprint density at radius 1 is 1.16 bits per heavy atom. The lowest BCUT2D eigenvalue weighted by Gasteiger charge is -2.27. The van der Waals surface area contributed by atoms with Crippen LogP contribution in [-0.4, -0.2) is 34.8 Å². The zero-order chi connectivity index (χ0) is 14.0. The van der Waals surface area contributed by atoms with Crippen LogP contribution in [0.1, 0.15) is 23.2 Å². The van der Waals surface area contributed by atoms with Crippen molar-refractivity contribution in [1.82, 2.24) is 4.90 Å². The van der Waals surface area contributed by atoms with Crippen LogP contribution < -0.4 is 0 Å². The minimum atomic E-state index is -1.59. The van der Waals surface area contributed by atoms with Gasteiger partial charge in [0.15, 0.2) is 17.5 Å². The monoisotopic (exact) mass is 272 g/mol. The van der Waals surface area contributed by atoms with Gasteiger partial charge in [0.25, 0.3) is 5.91 Å². The average Bonchev–Trinajstić information content (AvgIpc) is 2.43. The van der Waals surface area contributed by atoms with Crippen molar-refractivity contribution in [2.45, 2.75) is 12.8 Å². The fraction of sp³-hybridized carbons (Fsp3) is 0.333. The van der Waals surface area contributed by atoms with Gasteiger partial charge in [0, 0.05) is 31.5 Å². The lowest BCUT2D eigenvalue weighted by Crippen LogP contribution is -2.38. The Morgan fingerprint density at radius 2 is 1.68 bits per heavy atom. The second-order valence-electron chi connectivity index (χ2n) is 4.21. The molecule has 1 amide bonds. The van der Waals surface area contributed by atoms with Crippen molar-refractivity contribution in [3.05, 3.63) is 35.1 Å². The Bertz CT molecular complexity index is 513. The molecule has 1 aliphatic rings. The van der Waals surface area contributed by atoms with Gasteiger partial charge in [-0.3, -0.25) is 4.79 Å². The number of carbonyl (C=O) groups excluding carboxylic acids is 1. The van der Waals surface area contributed by atoms with Crippen LogP contribution in [0.2, 0.25) is 0 Å². The summed E-state index contributed by atoms with van der Waals surface area (Å²) in [6, 6.07) is 1.35. The molecule has 1 aromatic rings. The van der Waals surface area contributed by atoms with Crippen LogP contribution >= 0.6 is 0 Å². The maximum atomic E-state index is 13.0. The Morgan fingerprint density at radius 3 is 2.16 bits per heavy atom. The van der Waals surface area contributed by atoms with Crippen molar-refractivity contribution in [3.63, 3.8) is 0 Å². The highest BCUT2D eigenvalue weighted by molar-refractivity contribution is 5.96. The summed E-state index contributed by atoms with van der Waals surface area (Å²) in [7, 11) is 0. The van der Waals surface area contributed by atoms with E-state index in [2.05, 4.69) is 5.16 Å². The van der Waals surface area contributed by atoms with Gasteiger partial charge in [-0.25, -0.2) is 13.2 Å². The molecule has 7 heteroatoms. The van der Waals surface area contributed by atoms with Crippen LogP contribution in [0.3, 0.4) is 0 Å².